The minimum atomic E-state index is -1.15. The number of hydrogen-bond acceptors (Lipinski definition) is 5. The topological polar surface area (TPSA) is 65.5 Å². The maximum atomic E-state index is 12.0. The summed E-state index contributed by atoms with van der Waals surface area (Å²) in [5, 5.41) is 0. The third kappa shape index (κ3) is 5.63. The summed E-state index contributed by atoms with van der Waals surface area (Å²) in [4.78, 5) is 27.6. The fourth-order valence-corrected chi connectivity index (χ4v) is 1.70. The number of carbonyl (C=O) groups excluding carboxylic acids is 2. The van der Waals surface area contributed by atoms with Crippen molar-refractivity contribution in [2.24, 2.45) is 5.41 Å². The van der Waals surface area contributed by atoms with Crippen LogP contribution in [0.3, 0.4) is 0 Å². The number of aryl methyl sites for hydroxylation is 1. The fraction of sp³-hybridized carbons (Fsp3) is 0.562. The highest BCUT2D eigenvalue weighted by molar-refractivity contribution is 6.03. The molecule has 116 valence electrons. The van der Waals surface area contributed by atoms with Crippen molar-refractivity contribution in [2.45, 2.75) is 33.6 Å². The molecule has 0 fully saturated rings. The van der Waals surface area contributed by atoms with E-state index >= 15 is 0 Å². The third-order valence-corrected chi connectivity index (χ3v) is 3.22. The van der Waals surface area contributed by atoms with Crippen molar-refractivity contribution in [1.82, 2.24) is 4.98 Å². The Hall–Kier alpha value is -1.75. The summed E-state index contributed by atoms with van der Waals surface area (Å²) in [6.45, 7) is 5.52. The Morgan fingerprint density at radius 1 is 1.24 bits per heavy atom. The number of esters is 1. The molecule has 0 aromatic carbocycles. The van der Waals surface area contributed by atoms with Crippen LogP contribution in [-0.4, -0.2) is 36.6 Å². The van der Waals surface area contributed by atoms with E-state index in [4.69, 9.17) is 9.47 Å². The van der Waals surface area contributed by atoms with Gasteiger partial charge in [0.05, 0.1) is 6.61 Å². The molecule has 1 heterocycles. The van der Waals surface area contributed by atoms with E-state index in [9.17, 15) is 9.59 Å². The molecule has 0 atom stereocenters. The predicted octanol–water partition coefficient (Wildman–Crippen LogP) is 2.19. The van der Waals surface area contributed by atoms with Gasteiger partial charge in [-0.1, -0.05) is 0 Å². The predicted molar refractivity (Wildman–Crippen MR) is 78.8 cm³/mol. The highest BCUT2D eigenvalue weighted by Gasteiger charge is 2.37. The molecule has 0 spiro atoms. The Morgan fingerprint density at radius 3 is 2.52 bits per heavy atom. The number of nitrogens with zero attached hydrogens (tertiary/aromatic N) is 1. The zero-order valence-corrected chi connectivity index (χ0v) is 12.9. The zero-order valence-electron chi connectivity index (χ0n) is 12.9. The van der Waals surface area contributed by atoms with Crippen molar-refractivity contribution < 1.29 is 19.1 Å². The molecule has 1 aromatic heterocycles. The Labute approximate surface area is 125 Å². The van der Waals surface area contributed by atoms with E-state index in [0.29, 0.717) is 6.61 Å². The number of rotatable bonds is 9. The molecule has 5 nitrogen and oxygen atoms in total. The number of ketones is 1. The van der Waals surface area contributed by atoms with Crippen molar-refractivity contribution in [2.75, 3.05) is 19.8 Å². The van der Waals surface area contributed by atoms with Crippen LogP contribution in [0.2, 0.25) is 0 Å². The second kappa shape index (κ2) is 8.52. The van der Waals surface area contributed by atoms with Gasteiger partial charge in [-0.15, -0.1) is 0 Å². The number of hydrogen-bond donors (Lipinski definition) is 0. The number of Topliss-reactive ketones (excluding diaryl/α,β-unsaturated/α-hetero) is 1. The number of aromatic nitrogens is 1. The summed E-state index contributed by atoms with van der Waals surface area (Å²) < 4.78 is 10.3. The molecule has 0 aliphatic rings. The van der Waals surface area contributed by atoms with Crippen LogP contribution in [0.5, 0.6) is 0 Å². The van der Waals surface area contributed by atoms with Crippen LogP contribution in [0.15, 0.2) is 24.5 Å². The number of ether oxygens (including phenoxy) is 2. The maximum Gasteiger partial charge on any atom is 0.319 e. The standard InChI is InChI=1S/C16H23NO4/c1-4-21-15(19)16(2,3)14(18)12-20-11-5-6-13-7-9-17-10-8-13/h7-10H,4-6,11-12H2,1-3H3. The highest BCUT2D eigenvalue weighted by atomic mass is 16.5. The van der Waals surface area contributed by atoms with Crippen molar-refractivity contribution >= 4 is 11.8 Å². The van der Waals surface area contributed by atoms with Gasteiger partial charge in [0.2, 0.25) is 0 Å². The van der Waals surface area contributed by atoms with Gasteiger partial charge in [0, 0.05) is 19.0 Å². The monoisotopic (exact) mass is 293 g/mol. The van der Waals surface area contributed by atoms with E-state index in [0.717, 1.165) is 12.8 Å². The average molecular weight is 293 g/mol. The molecular weight excluding hydrogens is 270 g/mol. The van der Waals surface area contributed by atoms with E-state index in [1.807, 2.05) is 12.1 Å². The molecule has 0 radical (unpaired) electrons. The van der Waals surface area contributed by atoms with E-state index in [2.05, 4.69) is 4.98 Å². The van der Waals surface area contributed by atoms with Gasteiger partial charge in [-0.25, -0.2) is 0 Å². The van der Waals surface area contributed by atoms with Crippen LogP contribution in [-0.2, 0) is 25.5 Å². The van der Waals surface area contributed by atoms with Crippen LogP contribution in [0, 0.1) is 5.41 Å². The zero-order chi connectivity index (χ0) is 15.7. The van der Waals surface area contributed by atoms with Crippen molar-refractivity contribution in [3.63, 3.8) is 0 Å². The largest absolute Gasteiger partial charge is 0.465 e. The normalized spacial score (nSPS) is 11.2. The molecule has 0 unspecified atom stereocenters. The minimum absolute atomic E-state index is 0.0673. The molecule has 0 aliphatic heterocycles. The molecule has 0 saturated carbocycles. The fourth-order valence-electron chi connectivity index (χ4n) is 1.70. The molecule has 0 aliphatic carbocycles. The average Bonchev–Trinajstić information content (AvgIpc) is 2.48. The lowest BCUT2D eigenvalue weighted by Crippen LogP contribution is -2.37. The Balaban J connectivity index is 2.25. The maximum absolute atomic E-state index is 12.0. The summed E-state index contributed by atoms with van der Waals surface area (Å²) in [6, 6.07) is 3.91. The Bertz CT molecular complexity index is 457. The van der Waals surface area contributed by atoms with E-state index < -0.39 is 11.4 Å². The first kappa shape index (κ1) is 17.3. The molecule has 0 saturated heterocycles. The SMILES string of the molecule is CCOC(=O)C(C)(C)C(=O)COCCCc1ccncc1. The molecule has 0 bridgehead atoms. The van der Waals surface area contributed by atoms with E-state index in [1.54, 1.807) is 33.2 Å². The summed E-state index contributed by atoms with van der Waals surface area (Å²) in [5.41, 5.74) is 0.0352. The lowest BCUT2D eigenvalue weighted by Gasteiger charge is -2.20. The Kier molecular flexibility index (Phi) is 7.02. The van der Waals surface area contributed by atoms with E-state index in [1.165, 1.54) is 5.56 Å². The van der Waals surface area contributed by atoms with Gasteiger partial charge in [0.1, 0.15) is 12.0 Å². The highest BCUT2D eigenvalue weighted by Crippen LogP contribution is 2.19. The van der Waals surface area contributed by atoms with E-state index in [-0.39, 0.29) is 19.0 Å². The quantitative estimate of drug-likeness (QED) is 0.397. The van der Waals surface area contributed by atoms with Gasteiger partial charge in [-0.3, -0.25) is 14.6 Å². The lowest BCUT2D eigenvalue weighted by atomic mass is 9.88. The molecule has 1 aromatic rings. The van der Waals surface area contributed by atoms with Crippen LogP contribution in [0.4, 0.5) is 0 Å². The first-order valence-corrected chi connectivity index (χ1v) is 7.15. The van der Waals surface area contributed by atoms with Crippen LogP contribution >= 0.6 is 0 Å². The van der Waals surface area contributed by atoms with Gasteiger partial charge in [0.15, 0.2) is 5.78 Å². The number of carbonyl (C=O) groups is 2. The Morgan fingerprint density at radius 2 is 1.90 bits per heavy atom. The van der Waals surface area contributed by atoms with Crippen molar-refractivity contribution in [3.05, 3.63) is 30.1 Å². The first-order chi connectivity index (χ1) is 9.98. The molecular formula is C16H23NO4. The van der Waals surface area contributed by atoms with Gasteiger partial charge in [-0.2, -0.15) is 0 Å². The van der Waals surface area contributed by atoms with Crippen LogP contribution in [0.1, 0.15) is 32.8 Å². The molecule has 1 rings (SSSR count). The first-order valence-electron chi connectivity index (χ1n) is 7.15. The molecule has 0 amide bonds. The van der Waals surface area contributed by atoms with Gasteiger partial charge < -0.3 is 9.47 Å². The van der Waals surface area contributed by atoms with Crippen LogP contribution < -0.4 is 0 Å². The van der Waals surface area contributed by atoms with Crippen LogP contribution in [0.25, 0.3) is 0 Å². The molecule has 21 heavy (non-hydrogen) atoms. The van der Waals surface area contributed by atoms with Crippen molar-refractivity contribution in [3.8, 4) is 0 Å². The number of pyridine rings is 1. The summed E-state index contributed by atoms with van der Waals surface area (Å²) in [7, 11) is 0. The van der Waals surface area contributed by atoms with Gasteiger partial charge >= 0.3 is 5.97 Å². The minimum Gasteiger partial charge on any atom is -0.465 e. The third-order valence-electron chi connectivity index (χ3n) is 3.22. The van der Waals surface area contributed by atoms with Gasteiger partial charge in [-0.05, 0) is 51.3 Å². The summed E-state index contributed by atoms with van der Waals surface area (Å²) in [6.07, 6.45) is 5.19. The molecule has 5 heteroatoms. The van der Waals surface area contributed by atoms with Crippen molar-refractivity contribution in [1.29, 1.82) is 0 Å². The van der Waals surface area contributed by atoms with Gasteiger partial charge in [0.25, 0.3) is 0 Å². The molecule has 0 N–H and O–H groups in total. The summed E-state index contributed by atoms with van der Waals surface area (Å²) >= 11 is 0. The summed E-state index contributed by atoms with van der Waals surface area (Å²) in [5.74, 6) is -0.764. The smallest absolute Gasteiger partial charge is 0.319 e. The second-order valence-electron chi connectivity index (χ2n) is 5.28. The lowest BCUT2D eigenvalue weighted by molar-refractivity contribution is -0.159. The second-order valence-corrected chi connectivity index (χ2v) is 5.28.